The summed E-state index contributed by atoms with van der Waals surface area (Å²) < 4.78 is 10.5. The molecule has 82 valence electrons. The third-order valence-electron chi connectivity index (χ3n) is 2.75. The number of aliphatic hydroxyl groups is 1. The van der Waals surface area contributed by atoms with Gasteiger partial charge in [0.2, 0.25) is 0 Å². The number of ether oxygens (including phenoxy) is 2. The highest BCUT2D eigenvalue weighted by Crippen LogP contribution is 2.41. The molecule has 0 bridgehead atoms. The summed E-state index contributed by atoms with van der Waals surface area (Å²) in [7, 11) is 3.25. The lowest BCUT2D eigenvalue weighted by Gasteiger charge is -2.11. The van der Waals surface area contributed by atoms with Gasteiger partial charge in [0.05, 0.1) is 26.5 Å². The van der Waals surface area contributed by atoms with Crippen molar-refractivity contribution in [3.63, 3.8) is 0 Å². The molecule has 1 aliphatic rings. The van der Waals surface area contributed by atoms with Crippen LogP contribution >= 0.6 is 0 Å². The van der Waals surface area contributed by atoms with Gasteiger partial charge in [0.25, 0.3) is 0 Å². The van der Waals surface area contributed by atoms with Crippen molar-refractivity contribution in [3.05, 3.63) is 17.7 Å². The molecule has 0 radical (unpaired) electrons. The Hall–Kier alpha value is -1.42. The molecule has 4 nitrogen and oxygen atoms in total. The Bertz CT molecular complexity index is 365. The summed E-state index contributed by atoms with van der Waals surface area (Å²) in [4.78, 5) is 0. The first-order valence-corrected chi connectivity index (χ1v) is 4.90. The number of hydrogen-bond acceptors (Lipinski definition) is 4. The van der Waals surface area contributed by atoms with Crippen molar-refractivity contribution in [1.82, 2.24) is 0 Å². The van der Waals surface area contributed by atoms with Crippen molar-refractivity contribution in [1.29, 1.82) is 0 Å². The van der Waals surface area contributed by atoms with Gasteiger partial charge in [0, 0.05) is 18.5 Å². The molecule has 1 aromatic carbocycles. The summed E-state index contributed by atoms with van der Waals surface area (Å²) >= 11 is 0. The molecule has 4 heteroatoms. The van der Waals surface area contributed by atoms with Crippen LogP contribution in [-0.2, 0) is 0 Å². The quantitative estimate of drug-likeness (QED) is 0.785. The zero-order valence-corrected chi connectivity index (χ0v) is 8.91. The van der Waals surface area contributed by atoms with E-state index in [0.717, 1.165) is 29.3 Å². The maximum Gasteiger partial charge on any atom is 0.145 e. The summed E-state index contributed by atoms with van der Waals surface area (Å²) in [5.74, 6) is 1.65. The van der Waals surface area contributed by atoms with Crippen molar-refractivity contribution in [2.75, 3.05) is 32.7 Å². The zero-order chi connectivity index (χ0) is 10.8. The standard InChI is InChI=1S/C11H15NO3/c1-14-8-3-9-7(6-13)5-12-11(9)10(4-8)15-2/h3-4,7,12-13H,5-6H2,1-2H3. The number of anilines is 1. The van der Waals surface area contributed by atoms with Crippen molar-refractivity contribution >= 4 is 5.69 Å². The number of aliphatic hydroxyl groups excluding tert-OH is 1. The number of rotatable bonds is 3. The predicted octanol–water partition coefficient (Wildman–Crippen LogP) is 1.21. The molecular weight excluding hydrogens is 194 g/mol. The Morgan fingerprint density at radius 2 is 2.20 bits per heavy atom. The van der Waals surface area contributed by atoms with Gasteiger partial charge in [0.1, 0.15) is 11.5 Å². The van der Waals surface area contributed by atoms with Gasteiger partial charge >= 0.3 is 0 Å². The number of hydrogen-bond donors (Lipinski definition) is 2. The van der Waals surface area contributed by atoms with E-state index in [1.807, 2.05) is 12.1 Å². The van der Waals surface area contributed by atoms with Crippen molar-refractivity contribution < 1.29 is 14.6 Å². The molecule has 15 heavy (non-hydrogen) atoms. The highest BCUT2D eigenvalue weighted by Gasteiger charge is 2.25. The van der Waals surface area contributed by atoms with Gasteiger partial charge in [-0.1, -0.05) is 0 Å². The van der Waals surface area contributed by atoms with Crippen LogP contribution in [0.2, 0.25) is 0 Å². The fourth-order valence-corrected chi connectivity index (χ4v) is 1.90. The van der Waals surface area contributed by atoms with Crippen LogP contribution in [0.15, 0.2) is 12.1 Å². The summed E-state index contributed by atoms with van der Waals surface area (Å²) in [6, 6.07) is 3.78. The van der Waals surface area contributed by atoms with E-state index in [1.54, 1.807) is 14.2 Å². The minimum absolute atomic E-state index is 0.129. The lowest BCUT2D eigenvalue weighted by atomic mass is 10.0. The maximum atomic E-state index is 9.22. The summed E-state index contributed by atoms with van der Waals surface area (Å²) in [5, 5.41) is 12.4. The molecule has 0 aliphatic carbocycles. The molecule has 2 rings (SSSR count). The topological polar surface area (TPSA) is 50.7 Å². The Morgan fingerprint density at radius 3 is 2.80 bits per heavy atom. The van der Waals surface area contributed by atoms with Crippen LogP contribution in [0, 0.1) is 0 Å². The van der Waals surface area contributed by atoms with Crippen LogP contribution in [0.4, 0.5) is 5.69 Å². The number of benzene rings is 1. The van der Waals surface area contributed by atoms with E-state index >= 15 is 0 Å². The first-order chi connectivity index (χ1) is 7.30. The molecule has 0 aromatic heterocycles. The molecule has 1 heterocycles. The second-order valence-electron chi connectivity index (χ2n) is 3.55. The van der Waals surface area contributed by atoms with Gasteiger partial charge < -0.3 is 19.9 Å². The van der Waals surface area contributed by atoms with Crippen molar-refractivity contribution in [2.45, 2.75) is 5.92 Å². The van der Waals surface area contributed by atoms with Crippen LogP contribution in [0.25, 0.3) is 0 Å². The monoisotopic (exact) mass is 209 g/mol. The number of methoxy groups -OCH3 is 2. The summed E-state index contributed by atoms with van der Waals surface area (Å²) in [6.45, 7) is 0.881. The first-order valence-electron chi connectivity index (χ1n) is 4.90. The molecule has 1 aliphatic heterocycles. The summed E-state index contributed by atoms with van der Waals surface area (Å²) in [5.41, 5.74) is 2.03. The Morgan fingerprint density at radius 1 is 1.40 bits per heavy atom. The molecule has 0 saturated heterocycles. The highest BCUT2D eigenvalue weighted by molar-refractivity contribution is 5.69. The van der Waals surface area contributed by atoms with E-state index in [4.69, 9.17) is 9.47 Å². The molecule has 0 fully saturated rings. The first kappa shape index (κ1) is 10.1. The van der Waals surface area contributed by atoms with Gasteiger partial charge in [0.15, 0.2) is 0 Å². The van der Waals surface area contributed by atoms with E-state index in [9.17, 15) is 5.11 Å². The van der Waals surface area contributed by atoms with E-state index < -0.39 is 0 Å². The molecule has 2 N–H and O–H groups in total. The average molecular weight is 209 g/mol. The van der Waals surface area contributed by atoms with E-state index in [-0.39, 0.29) is 12.5 Å². The third kappa shape index (κ3) is 1.61. The van der Waals surface area contributed by atoms with Gasteiger partial charge in [-0.15, -0.1) is 0 Å². The maximum absolute atomic E-state index is 9.22. The minimum atomic E-state index is 0.129. The molecular formula is C11H15NO3. The lowest BCUT2D eigenvalue weighted by Crippen LogP contribution is -2.05. The van der Waals surface area contributed by atoms with Crippen molar-refractivity contribution in [2.24, 2.45) is 0 Å². The second kappa shape index (κ2) is 3.98. The second-order valence-corrected chi connectivity index (χ2v) is 3.55. The van der Waals surface area contributed by atoms with Gasteiger partial charge in [-0.2, -0.15) is 0 Å². The van der Waals surface area contributed by atoms with Gasteiger partial charge in [-0.3, -0.25) is 0 Å². The summed E-state index contributed by atoms with van der Waals surface area (Å²) in [6.07, 6.45) is 0. The van der Waals surface area contributed by atoms with E-state index in [2.05, 4.69) is 5.32 Å². The van der Waals surface area contributed by atoms with Crippen LogP contribution in [0.3, 0.4) is 0 Å². The third-order valence-corrected chi connectivity index (χ3v) is 2.75. The van der Waals surface area contributed by atoms with Gasteiger partial charge in [-0.05, 0) is 11.6 Å². The average Bonchev–Trinajstić information content (AvgIpc) is 2.70. The SMILES string of the molecule is COc1cc(OC)c2c(c1)C(CO)CN2. The Labute approximate surface area is 88.8 Å². The van der Waals surface area contributed by atoms with E-state index in [0.29, 0.717) is 0 Å². The molecule has 0 spiro atoms. The van der Waals surface area contributed by atoms with Crippen LogP contribution in [0.1, 0.15) is 11.5 Å². The van der Waals surface area contributed by atoms with Crippen LogP contribution < -0.4 is 14.8 Å². The van der Waals surface area contributed by atoms with Crippen molar-refractivity contribution in [3.8, 4) is 11.5 Å². The number of nitrogens with one attached hydrogen (secondary N) is 1. The Kier molecular flexibility index (Phi) is 2.68. The Balaban J connectivity index is 2.48. The molecule has 0 amide bonds. The van der Waals surface area contributed by atoms with Gasteiger partial charge in [-0.25, -0.2) is 0 Å². The number of fused-ring (bicyclic) bond motifs is 1. The van der Waals surface area contributed by atoms with E-state index in [1.165, 1.54) is 0 Å². The molecule has 1 atom stereocenters. The van der Waals surface area contributed by atoms with Crippen LogP contribution in [-0.4, -0.2) is 32.5 Å². The minimum Gasteiger partial charge on any atom is -0.497 e. The molecule has 1 aromatic rings. The predicted molar refractivity (Wildman–Crippen MR) is 57.9 cm³/mol. The largest absolute Gasteiger partial charge is 0.497 e. The molecule has 1 unspecified atom stereocenters. The molecule has 0 saturated carbocycles. The smallest absolute Gasteiger partial charge is 0.145 e. The van der Waals surface area contributed by atoms with Crippen LogP contribution in [0.5, 0.6) is 11.5 Å². The zero-order valence-electron chi connectivity index (χ0n) is 8.91. The lowest BCUT2D eigenvalue weighted by molar-refractivity contribution is 0.273. The highest BCUT2D eigenvalue weighted by atomic mass is 16.5. The normalized spacial score (nSPS) is 18.2. The fraction of sp³-hybridized carbons (Fsp3) is 0.455. The fourth-order valence-electron chi connectivity index (χ4n) is 1.90.